The standard InChI is InChI=1S/C16H18F3N5O3/c1-10-6-20-8-15(23-10,24-11(2)25)14(26)22-7-12-3-4-21-13(5-12)27-9-16(17,18)19/h3-6,8,23H,7,9H2,1-2H3,(H,22,26)(H,24,25). The van der Waals surface area contributed by atoms with Gasteiger partial charge in [-0.2, -0.15) is 13.2 Å². The van der Waals surface area contributed by atoms with Crippen LogP contribution in [0.5, 0.6) is 5.88 Å². The Morgan fingerprint density at radius 3 is 2.74 bits per heavy atom. The first-order chi connectivity index (χ1) is 12.6. The maximum atomic E-state index is 12.6. The highest BCUT2D eigenvalue weighted by Gasteiger charge is 2.39. The molecule has 0 aromatic carbocycles. The van der Waals surface area contributed by atoms with E-state index in [1.165, 1.54) is 37.7 Å². The van der Waals surface area contributed by atoms with E-state index in [9.17, 15) is 22.8 Å². The number of nitrogens with one attached hydrogen (secondary N) is 3. The largest absolute Gasteiger partial charge is 0.468 e. The zero-order valence-electron chi connectivity index (χ0n) is 14.6. The molecule has 27 heavy (non-hydrogen) atoms. The molecule has 1 unspecified atom stereocenters. The quantitative estimate of drug-likeness (QED) is 0.678. The first kappa shape index (κ1) is 20.2. The van der Waals surface area contributed by atoms with Crippen molar-refractivity contribution in [3.05, 3.63) is 35.8 Å². The van der Waals surface area contributed by atoms with Crippen molar-refractivity contribution in [3.8, 4) is 5.88 Å². The van der Waals surface area contributed by atoms with Gasteiger partial charge in [0.1, 0.15) is 0 Å². The molecule has 1 aromatic rings. The summed E-state index contributed by atoms with van der Waals surface area (Å²) < 4.78 is 41.2. The minimum absolute atomic E-state index is 0.0245. The van der Waals surface area contributed by atoms with E-state index in [1.807, 2.05) is 0 Å². The molecule has 0 spiro atoms. The van der Waals surface area contributed by atoms with Crippen LogP contribution in [0.1, 0.15) is 19.4 Å². The summed E-state index contributed by atoms with van der Waals surface area (Å²) in [6.45, 7) is 1.44. The van der Waals surface area contributed by atoms with Crippen LogP contribution in [-0.4, -0.2) is 41.5 Å². The summed E-state index contributed by atoms with van der Waals surface area (Å²) in [5.41, 5.74) is -0.533. The van der Waals surface area contributed by atoms with Gasteiger partial charge < -0.3 is 20.7 Å². The van der Waals surface area contributed by atoms with E-state index in [2.05, 4.69) is 30.7 Å². The Labute approximate surface area is 152 Å². The average molecular weight is 385 g/mol. The molecule has 2 rings (SSSR count). The molecule has 1 aliphatic rings. The molecule has 1 aliphatic heterocycles. The van der Waals surface area contributed by atoms with Crippen molar-refractivity contribution in [1.29, 1.82) is 0 Å². The molecule has 146 valence electrons. The fourth-order valence-corrected chi connectivity index (χ4v) is 2.27. The third-order valence-corrected chi connectivity index (χ3v) is 3.30. The van der Waals surface area contributed by atoms with E-state index in [1.54, 1.807) is 6.92 Å². The van der Waals surface area contributed by atoms with Gasteiger partial charge in [-0.15, -0.1) is 0 Å². The maximum Gasteiger partial charge on any atom is 0.422 e. The lowest BCUT2D eigenvalue weighted by molar-refractivity contribution is -0.154. The van der Waals surface area contributed by atoms with Gasteiger partial charge in [-0.05, 0) is 18.6 Å². The zero-order valence-corrected chi connectivity index (χ0v) is 14.6. The zero-order chi connectivity index (χ0) is 20.1. The van der Waals surface area contributed by atoms with E-state index in [4.69, 9.17) is 0 Å². The molecule has 0 saturated heterocycles. The number of carbonyl (C=O) groups is 2. The number of ether oxygens (including phenoxy) is 1. The molecule has 2 amide bonds. The van der Waals surface area contributed by atoms with Gasteiger partial charge >= 0.3 is 6.18 Å². The van der Waals surface area contributed by atoms with Gasteiger partial charge in [0.05, 0.1) is 6.21 Å². The van der Waals surface area contributed by atoms with Crippen molar-refractivity contribution in [2.45, 2.75) is 32.2 Å². The Morgan fingerprint density at radius 2 is 2.11 bits per heavy atom. The highest BCUT2D eigenvalue weighted by molar-refractivity contribution is 6.06. The van der Waals surface area contributed by atoms with Crippen LogP contribution in [0.25, 0.3) is 0 Å². The molecule has 2 heterocycles. The number of carbonyl (C=O) groups excluding carboxylic acids is 2. The van der Waals surface area contributed by atoms with Crippen LogP contribution in [0, 0.1) is 0 Å². The monoisotopic (exact) mass is 385 g/mol. The van der Waals surface area contributed by atoms with Crippen LogP contribution in [-0.2, 0) is 16.1 Å². The Kier molecular flexibility index (Phi) is 6.03. The van der Waals surface area contributed by atoms with E-state index in [-0.39, 0.29) is 12.4 Å². The Morgan fingerprint density at radius 1 is 1.37 bits per heavy atom. The minimum Gasteiger partial charge on any atom is -0.468 e. The van der Waals surface area contributed by atoms with Crippen LogP contribution in [0.3, 0.4) is 0 Å². The summed E-state index contributed by atoms with van der Waals surface area (Å²) in [5, 5.41) is 7.94. The number of rotatable bonds is 6. The lowest BCUT2D eigenvalue weighted by Crippen LogP contribution is -2.68. The number of aliphatic imine (C=N–C) groups is 1. The van der Waals surface area contributed by atoms with E-state index in [0.29, 0.717) is 11.3 Å². The van der Waals surface area contributed by atoms with E-state index < -0.39 is 30.3 Å². The molecule has 0 radical (unpaired) electrons. The molecule has 8 nitrogen and oxygen atoms in total. The van der Waals surface area contributed by atoms with Gasteiger partial charge in [0, 0.05) is 37.6 Å². The molecule has 1 atom stereocenters. The van der Waals surface area contributed by atoms with E-state index >= 15 is 0 Å². The number of aromatic nitrogens is 1. The summed E-state index contributed by atoms with van der Waals surface area (Å²) in [4.78, 5) is 31.7. The van der Waals surface area contributed by atoms with Gasteiger partial charge in [-0.1, -0.05) is 0 Å². The second kappa shape index (κ2) is 8.06. The summed E-state index contributed by atoms with van der Waals surface area (Å²) in [6.07, 6.45) is -0.473. The molecule has 11 heteroatoms. The third kappa shape index (κ3) is 5.97. The first-order valence-electron chi connectivity index (χ1n) is 7.80. The Hall–Kier alpha value is -3.11. The fourth-order valence-electron chi connectivity index (χ4n) is 2.27. The number of hydrogen-bond acceptors (Lipinski definition) is 6. The lowest BCUT2D eigenvalue weighted by atomic mass is 10.1. The minimum atomic E-state index is -4.48. The third-order valence-electron chi connectivity index (χ3n) is 3.30. The van der Waals surface area contributed by atoms with Gasteiger partial charge in [0.15, 0.2) is 6.61 Å². The van der Waals surface area contributed by atoms with Crippen molar-refractivity contribution in [3.63, 3.8) is 0 Å². The molecule has 0 bridgehead atoms. The number of halogens is 3. The second-order valence-electron chi connectivity index (χ2n) is 5.79. The van der Waals surface area contributed by atoms with E-state index in [0.717, 1.165) is 0 Å². The van der Waals surface area contributed by atoms with Crippen molar-refractivity contribution in [2.24, 2.45) is 4.99 Å². The van der Waals surface area contributed by atoms with Crippen LogP contribution in [0.15, 0.2) is 35.2 Å². The molecule has 1 aromatic heterocycles. The first-order valence-corrected chi connectivity index (χ1v) is 7.80. The van der Waals surface area contributed by atoms with Crippen LogP contribution >= 0.6 is 0 Å². The summed E-state index contributed by atoms with van der Waals surface area (Å²) in [6, 6.07) is 2.80. The predicted molar refractivity (Wildman–Crippen MR) is 89.6 cm³/mol. The van der Waals surface area contributed by atoms with Gasteiger partial charge in [-0.25, -0.2) is 4.98 Å². The molecule has 0 fully saturated rings. The summed E-state index contributed by atoms with van der Waals surface area (Å²) in [5.74, 6) is -1.26. The van der Waals surface area contributed by atoms with Gasteiger partial charge in [0.25, 0.3) is 5.91 Å². The highest BCUT2D eigenvalue weighted by atomic mass is 19.4. The number of hydrogen-bond donors (Lipinski definition) is 3. The van der Waals surface area contributed by atoms with Crippen molar-refractivity contribution in [1.82, 2.24) is 20.9 Å². The average Bonchev–Trinajstić information content (AvgIpc) is 2.57. The van der Waals surface area contributed by atoms with Gasteiger partial charge in [0.2, 0.25) is 17.5 Å². The molecular weight excluding hydrogens is 367 g/mol. The number of alkyl halides is 3. The Bertz CT molecular complexity index is 775. The molecular formula is C16H18F3N5O3. The number of pyridine rings is 1. The van der Waals surface area contributed by atoms with Crippen molar-refractivity contribution < 1.29 is 27.5 Å². The van der Waals surface area contributed by atoms with Crippen LogP contribution in [0.4, 0.5) is 13.2 Å². The second-order valence-corrected chi connectivity index (χ2v) is 5.79. The highest BCUT2D eigenvalue weighted by Crippen LogP contribution is 2.17. The maximum absolute atomic E-state index is 12.6. The SMILES string of the molecule is CC(=O)NC1(C(=O)NCc2ccnc(OCC(F)(F)F)c2)C=NC=C(C)N1. The summed E-state index contributed by atoms with van der Waals surface area (Å²) >= 11 is 0. The number of amides is 2. The predicted octanol–water partition coefficient (Wildman–Crippen LogP) is 1.01. The lowest BCUT2D eigenvalue weighted by Gasteiger charge is -2.33. The van der Waals surface area contributed by atoms with Crippen LogP contribution < -0.4 is 20.7 Å². The molecule has 0 aliphatic carbocycles. The van der Waals surface area contributed by atoms with Crippen molar-refractivity contribution >= 4 is 18.0 Å². The molecule has 3 N–H and O–H groups in total. The smallest absolute Gasteiger partial charge is 0.422 e. The van der Waals surface area contributed by atoms with Gasteiger partial charge in [-0.3, -0.25) is 14.6 Å². The number of nitrogens with zero attached hydrogens (tertiary/aromatic N) is 2. The molecule has 0 saturated carbocycles. The topological polar surface area (TPSA) is 105 Å². The normalized spacial score (nSPS) is 18.9. The number of allylic oxidation sites excluding steroid dienone is 1. The van der Waals surface area contributed by atoms with Crippen LogP contribution in [0.2, 0.25) is 0 Å². The van der Waals surface area contributed by atoms with Crippen molar-refractivity contribution in [2.75, 3.05) is 6.61 Å². The fraction of sp³-hybridized carbons (Fsp3) is 0.375. The Balaban J connectivity index is 2.04. The summed E-state index contributed by atoms with van der Waals surface area (Å²) in [7, 11) is 0.